The fourth-order valence-corrected chi connectivity index (χ4v) is 5.89. The molecule has 3 aromatic carbocycles. The smallest absolute Gasteiger partial charge is 0.251 e. The minimum atomic E-state index is -3.68. The Morgan fingerprint density at radius 3 is 2.41 bits per heavy atom. The first kappa shape index (κ1) is 27.9. The van der Waals surface area contributed by atoms with Gasteiger partial charge in [-0.25, -0.2) is 13.4 Å². The quantitative estimate of drug-likeness (QED) is 0.254. The summed E-state index contributed by atoms with van der Waals surface area (Å²) in [7, 11) is -0.704. The van der Waals surface area contributed by atoms with Crippen LogP contribution < -0.4 is 14.8 Å². The molecule has 0 aliphatic carbocycles. The highest BCUT2D eigenvalue weighted by Crippen LogP contribution is 2.32. The maximum absolute atomic E-state index is 13.5. The molecule has 0 fully saturated rings. The van der Waals surface area contributed by atoms with Crippen molar-refractivity contribution in [3.05, 3.63) is 107 Å². The topological polar surface area (TPSA) is 94.6 Å². The molecule has 0 saturated carbocycles. The lowest BCUT2D eigenvalue weighted by Gasteiger charge is -2.13. The summed E-state index contributed by atoms with van der Waals surface area (Å²) in [6.45, 7) is 2.49. The molecule has 4 aromatic rings. The van der Waals surface area contributed by atoms with E-state index in [9.17, 15) is 13.2 Å². The number of amides is 1. The number of nitrogens with one attached hydrogen (secondary N) is 1. The molecule has 1 aromatic heterocycles. The first-order chi connectivity index (χ1) is 18.8. The van der Waals surface area contributed by atoms with Crippen molar-refractivity contribution < 1.29 is 22.7 Å². The van der Waals surface area contributed by atoms with E-state index < -0.39 is 9.84 Å². The maximum atomic E-state index is 13.5. The maximum Gasteiger partial charge on any atom is 0.251 e. The van der Waals surface area contributed by atoms with E-state index in [0.29, 0.717) is 42.1 Å². The standard InChI is InChI=1S/C31H32N2O5S/c1-22-7-4-11-25(17-22)26-12-13-28(37-2)29(19-26)39(35,36)21-24-9-5-8-23(18-24)10-6-15-33-31(34)27-14-16-32-30(20-27)38-3/h4-5,7-9,11-14,16-20H,6,10,15,21H2,1-3H3,(H,33,34). The normalized spacial score (nSPS) is 11.2. The van der Waals surface area contributed by atoms with Gasteiger partial charge in [0.2, 0.25) is 5.88 Å². The van der Waals surface area contributed by atoms with Crippen LogP contribution in [0.25, 0.3) is 11.1 Å². The van der Waals surface area contributed by atoms with Gasteiger partial charge < -0.3 is 14.8 Å². The van der Waals surface area contributed by atoms with E-state index >= 15 is 0 Å². The van der Waals surface area contributed by atoms with Crippen molar-refractivity contribution in [2.24, 2.45) is 0 Å². The predicted molar refractivity (Wildman–Crippen MR) is 152 cm³/mol. The van der Waals surface area contributed by atoms with Crippen molar-refractivity contribution in [1.82, 2.24) is 10.3 Å². The van der Waals surface area contributed by atoms with Gasteiger partial charge in [-0.1, -0.05) is 60.2 Å². The predicted octanol–water partition coefficient (Wildman–Crippen LogP) is 5.41. The number of benzene rings is 3. The first-order valence-electron chi connectivity index (χ1n) is 12.6. The van der Waals surface area contributed by atoms with Crippen LogP contribution in [-0.4, -0.2) is 40.1 Å². The van der Waals surface area contributed by atoms with E-state index in [1.54, 1.807) is 24.3 Å². The second-order valence-electron chi connectivity index (χ2n) is 9.26. The number of nitrogens with zero attached hydrogens (tertiary/aromatic N) is 1. The van der Waals surface area contributed by atoms with Crippen LogP contribution in [0.15, 0.2) is 90.0 Å². The highest BCUT2D eigenvalue weighted by Gasteiger charge is 2.21. The molecular weight excluding hydrogens is 512 g/mol. The Hall–Kier alpha value is -4.17. The molecule has 0 spiro atoms. The number of aromatic nitrogens is 1. The van der Waals surface area contributed by atoms with E-state index in [2.05, 4.69) is 10.3 Å². The van der Waals surface area contributed by atoms with Crippen molar-refractivity contribution in [3.63, 3.8) is 0 Å². The average molecular weight is 545 g/mol. The molecule has 7 nitrogen and oxygen atoms in total. The van der Waals surface area contributed by atoms with Crippen molar-refractivity contribution in [2.45, 2.75) is 30.4 Å². The summed E-state index contributed by atoms with van der Waals surface area (Å²) in [5.74, 6) is 0.367. The van der Waals surface area contributed by atoms with Crippen molar-refractivity contribution in [3.8, 4) is 22.8 Å². The van der Waals surface area contributed by atoms with Crippen LogP contribution in [0.2, 0.25) is 0 Å². The Kier molecular flexibility index (Phi) is 8.99. The summed E-state index contributed by atoms with van der Waals surface area (Å²) in [5, 5.41) is 2.90. The second-order valence-corrected chi connectivity index (χ2v) is 11.2. The van der Waals surface area contributed by atoms with Gasteiger partial charge in [-0.2, -0.15) is 0 Å². The van der Waals surface area contributed by atoms with Crippen LogP contribution in [0.1, 0.15) is 33.5 Å². The lowest BCUT2D eigenvalue weighted by molar-refractivity contribution is 0.0952. The fraction of sp³-hybridized carbons (Fsp3) is 0.226. The zero-order valence-corrected chi connectivity index (χ0v) is 23.1. The third-order valence-corrected chi connectivity index (χ3v) is 8.03. The number of carbonyl (C=O) groups is 1. The van der Waals surface area contributed by atoms with Crippen molar-refractivity contribution >= 4 is 15.7 Å². The van der Waals surface area contributed by atoms with Gasteiger partial charge in [0.25, 0.3) is 5.91 Å². The molecule has 1 heterocycles. The zero-order chi connectivity index (χ0) is 27.8. The highest BCUT2D eigenvalue weighted by atomic mass is 32.2. The number of ether oxygens (including phenoxy) is 2. The van der Waals surface area contributed by atoms with Crippen LogP contribution in [0.3, 0.4) is 0 Å². The zero-order valence-electron chi connectivity index (χ0n) is 22.3. The number of hydrogen-bond donors (Lipinski definition) is 1. The Morgan fingerprint density at radius 1 is 0.872 bits per heavy atom. The summed E-state index contributed by atoms with van der Waals surface area (Å²) in [4.78, 5) is 16.6. The molecule has 0 atom stereocenters. The number of rotatable bonds is 11. The molecular formula is C31H32N2O5S. The Bertz CT molecular complexity index is 1570. The van der Waals surface area contributed by atoms with Crippen LogP contribution in [0.5, 0.6) is 11.6 Å². The lowest BCUT2D eigenvalue weighted by Crippen LogP contribution is -2.24. The Balaban J connectivity index is 1.42. The van der Waals surface area contributed by atoms with Crippen LogP contribution in [-0.2, 0) is 22.0 Å². The van der Waals surface area contributed by atoms with E-state index in [4.69, 9.17) is 9.47 Å². The molecule has 1 N–H and O–H groups in total. The number of sulfone groups is 1. The minimum Gasteiger partial charge on any atom is -0.495 e. The summed E-state index contributed by atoms with van der Waals surface area (Å²) in [6.07, 6.45) is 2.93. The second kappa shape index (κ2) is 12.6. The molecule has 0 saturated heterocycles. The Labute approximate surface area is 229 Å². The third-order valence-electron chi connectivity index (χ3n) is 6.33. The van der Waals surface area contributed by atoms with Gasteiger partial charge in [-0.15, -0.1) is 0 Å². The van der Waals surface area contributed by atoms with Gasteiger partial charge in [0, 0.05) is 24.4 Å². The van der Waals surface area contributed by atoms with Crippen molar-refractivity contribution in [2.75, 3.05) is 20.8 Å². The van der Waals surface area contributed by atoms with E-state index in [1.807, 2.05) is 61.5 Å². The Morgan fingerprint density at radius 2 is 1.64 bits per heavy atom. The monoisotopic (exact) mass is 544 g/mol. The van der Waals surface area contributed by atoms with E-state index in [0.717, 1.165) is 22.3 Å². The third kappa shape index (κ3) is 7.23. The molecule has 0 radical (unpaired) electrons. The molecule has 4 rings (SSSR count). The number of carbonyl (C=O) groups excluding carboxylic acids is 1. The SMILES string of the molecule is COc1cc(C(=O)NCCCc2cccc(CS(=O)(=O)c3cc(-c4cccc(C)c4)ccc3OC)c2)ccn1. The number of hydrogen-bond acceptors (Lipinski definition) is 6. The minimum absolute atomic E-state index is 0.144. The summed E-state index contributed by atoms with van der Waals surface area (Å²) < 4.78 is 37.5. The number of methoxy groups -OCH3 is 2. The van der Waals surface area contributed by atoms with Gasteiger partial charge in [-0.3, -0.25) is 4.79 Å². The fourth-order valence-electron chi connectivity index (χ4n) is 4.35. The molecule has 8 heteroatoms. The van der Waals surface area contributed by atoms with Gasteiger partial charge >= 0.3 is 0 Å². The molecule has 0 aliphatic rings. The molecule has 0 unspecified atom stereocenters. The van der Waals surface area contributed by atoms with Gasteiger partial charge in [0.05, 0.1) is 20.0 Å². The summed E-state index contributed by atoms with van der Waals surface area (Å²) in [5.41, 5.74) is 5.05. The van der Waals surface area contributed by atoms with E-state index in [-0.39, 0.29) is 16.6 Å². The highest BCUT2D eigenvalue weighted by molar-refractivity contribution is 7.90. The summed E-state index contributed by atoms with van der Waals surface area (Å²) in [6, 6.07) is 24.0. The average Bonchev–Trinajstić information content (AvgIpc) is 2.95. The molecule has 0 bridgehead atoms. The number of pyridine rings is 1. The largest absolute Gasteiger partial charge is 0.495 e. The number of aryl methyl sites for hydroxylation is 2. The van der Waals surface area contributed by atoms with Gasteiger partial charge in [0.15, 0.2) is 9.84 Å². The van der Waals surface area contributed by atoms with Crippen LogP contribution in [0, 0.1) is 6.92 Å². The van der Waals surface area contributed by atoms with Crippen LogP contribution in [0.4, 0.5) is 0 Å². The molecule has 202 valence electrons. The van der Waals surface area contributed by atoms with Gasteiger partial charge in [0.1, 0.15) is 10.6 Å². The lowest BCUT2D eigenvalue weighted by atomic mass is 10.0. The first-order valence-corrected chi connectivity index (χ1v) is 14.3. The summed E-state index contributed by atoms with van der Waals surface area (Å²) >= 11 is 0. The molecule has 1 amide bonds. The van der Waals surface area contributed by atoms with Crippen molar-refractivity contribution in [1.29, 1.82) is 0 Å². The van der Waals surface area contributed by atoms with E-state index in [1.165, 1.54) is 20.4 Å². The van der Waals surface area contributed by atoms with Gasteiger partial charge in [-0.05, 0) is 60.2 Å². The van der Waals surface area contributed by atoms with Crippen LogP contribution >= 0.6 is 0 Å². The molecule has 0 aliphatic heterocycles. The molecule has 39 heavy (non-hydrogen) atoms.